The monoisotopic (exact) mass is 283 g/mol. The normalized spacial score (nSPS) is 29.1. The number of hydrogen-bond donors (Lipinski definition) is 1. The summed E-state index contributed by atoms with van der Waals surface area (Å²) in [6, 6.07) is 5.45. The summed E-state index contributed by atoms with van der Waals surface area (Å²) in [5.41, 5.74) is 1.92. The summed E-state index contributed by atoms with van der Waals surface area (Å²) in [5.74, 6) is 0.410. The van der Waals surface area contributed by atoms with Crippen molar-refractivity contribution in [3.8, 4) is 0 Å². The van der Waals surface area contributed by atoms with Crippen molar-refractivity contribution in [2.75, 3.05) is 13.1 Å². The van der Waals surface area contributed by atoms with Gasteiger partial charge in [-0.05, 0) is 42.5 Å². The molecule has 3 aliphatic heterocycles. The van der Waals surface area contributed by atoms with E-state index in [0.717, 1.165) is 37.2 Å². The highest BCUT2D eigenvalue weighted by Crippen LogP contribution is 2.36. The highest BCUT2D eigenvalue weighted by molar-refractivity contribution is 6.35. The minimum absolute atomic E-state index is 0.348. The van der Waals surface area contributed by atoms with E-state index in [0.29, 0.717) is 16.0 Å². The zero-order chi connectivity index (χ0) is 12.7. The van der Waals surface area contributed by atoms with Crippen LogP contribution in [0.25, 0.3) is 6.08 Å². The summed E-state index contributed by atoms with van der Waals surface area (Å²) < 4.78 is 0. The van der Waals surface area contributed by atoms with E-state index in [2.05, 4.69) is 4.90 Å². The molecule has 2 nitrogen and oxygen atoms in total. The summed E-state index contributed by atoms with van der Waals surface area (Å²) in [5, 5.41) is 11.5. The number of benzene rings is 1. The van der Waals surface area contributed by atoms with Crippen molar-refractivity contribution in [3.05, 3.63) is 39.5 Å². The molecule has 0 amide bonds. The van der Waals surface area contributed by atoms with Crippen molar-refractivity contribution in [2.45, 2.75) is 18.9 Å². The van der Waals surface area contributed by atoms with Gasteiger partial charge in [0.25, 0.3) is 0 Å². The Kier molecular flexibility index (Phi) is 3.27. The molecule has 96 valence electrons. The number of halogens is 2. The SMILES string of the molecule is O[C@@H]1/C(=C/c2ccc(Cl)cc2Cl)N2CCC1CC2. The van der Waals surface area contributed by atoms with Gasteiger partial charge in [0.15, 0.2) is 0 Å². The Hall–Kier alpha value is -0.700. The smallest absolute Gasteiger partial charge is 0.0965 e. The van der Waals surface area contributed by atoms with Crippen LogP contribution >= 0.6 is 23.2 Å². The molecule has 1 atom stereocenters. The number of fused-ring (bicyclic) bond motifs is 3. The highest BCUT2D eigenvalue weighted by atomic mass is 35.5. The third-order valence-corrected chi connectivity index (χ3v) is 4.48. The van der Waals surface area contributed by atoms with Gasteiger partial charge in [0.1, 0.15) is 0 Å². The molecule has 0 saturated carbocycles. The number of hydrogen-bond acceptors (Lipinski definition) is 2. The highest BCUT2D eigenvalue weighted by Gasteiger charge is 2.36. The molecule has 3 fully saturated rings. The molecule has 2 bridgehead atoms. The van der Waals surface area contributed by atoms with Crippen LogP contribution in [-0.4, -0.2) is 29.2 Å². The Bertz CT molecular complexity index is 489. The Morgan fingerprint density at radius 2 is 1.94 bits per heavy atom. The quantitative estimate of drug-likeness (QED) is 0.854. The van der Waals surface area contributed by atoms with Crippen molar-refractivity contribution in [3.63, 3.8) is 0 Å². The Balaban J connectivity index is 1.96. The van der Waals surface area contributed by atoms with Gasteiger partial charge >= 0.3 is 0 Å². The molecule has 4 rings (SSSR count). The maximum Gasteiger partial charge on any atom is 0.0965 e. The fraction of sp³-hybridized carbons (Fsp3) is 0.429. The van der Waals surface area contributed by atoms with Gasteiger partial charge in [0.2, 0.25) is 0 Å². The van der Waals surface area contributed by atoms with E-state index in [4.69, 9.17) is 23.2 Å². The van der Waals surface area contributed by atoms with Crippen LogP contribution in [-0.2, 0) is 0 Å². The number of nitrogens with zero attached hydrogens (tertiary/aromatic N) is 1. The van der Waals surface area contributed by atoms with Crippen LogP contribution in [0.5, 0.6) is 0 Å². The molecule has 0 spiro atoms. The second-order valence-corrected chi connectivity index (χ2v) is 5.85. The molecule has 18 heavy (non-hydrogen) atoms. The maximum absolute atomic E-state index is 10.3. The topological polar surface area (TPSA) is 23.5 Å². The van der Waals surface area contributed by atoms with Gasteiger partial charge in [-0.2, -0.15) is 0 Å². The van der Waals surface area contributed by atoms with Crippen LogP contribution in [0.15, 0.2) is 23.9 Å². The molecule has 1 aromatic rings. The summed E-state index contributed by atoms with van der Waals surface area (Å²) in [6.45, 7) is 2.08. The predicted octanol–water partition coefficient (Wildman–Crippen LogP) is 3.42. The summed E-state index contributed by atoms with van der Waals surface area (Å²) in [7, 11) is 0. The lowest BCUT2D eigenvalue weighted by atomic mass is 9.83. The molecule has 4 heteroatoms. The van der Waals surface area contributed by atoms with Crippen molar-refractivity contribution in [1.82, 2.24) is 4.90 Å². The van der Waals surface area contributed by atoms with Gasteiger partial charge in [-0.15, -0.1) is 0 Å². The molecule has 0 aliphatic carbocycles. The molecule has 3 aliphatic rings. The van der Waals surface area contributed by atoms with E-state index in [1.54, 1.807) is 6.07 Å². The second-order valence-electron chi connectivity index (χ2n) is 5.00. The van der Waals surface area contributed by atoms with Crippen LogP contribution in [0.3, 0.4) is 0 Å². The molecule has 3 heterocycles. The van der Waals surface area contributed by atoms with Gasteiger partial charge in [0, 0.05) is 28.8 Å². The predicted molar refractivity (Wildman–Crippen MR) is 74.7 cm³/mol. The average Bonchev–Trinajstić information content (AvgIpc) is 2.37. The van der Waals surface area contributed by atoms with E-state index >= 15 is 0 Å². The van der Waals surface area contributed by atoms with Crippen LogP contribution in [0.4, 0.5) is 0 Å². The Morgan fingerprint density at radius 1 is 1.22 bits per heavy atom. The number of piperidine rings is 3. The first kappa shape index (κ1) is 12.3. The third kappa shape index (κ3) is 2.13. The molecule has 1 N–H and O–H groups in total. The third-order valence-electron chi connectivity index (χ3n) is 3.92. The average molecular weight is 284 g/mol. The van der Waals surface area contributed by atoms with Crippen LogP contribution in [0.2, 0.25) is 10.0 Å². The molecule has 0 unspecified atom stereocenters. The number of rotatable bonds is 1. The van der Waals surface area contributed by atoms with E-state index in [9.17, 15) is 5.11 Å². The van der Waals surface area contributed by atoms with Crippen molar-refractivity contribution >= 4 is 29.3 Å². The standard InChI is InChI=1S/C14H15Cl2NO/c15-11-2-1-10(12(16)8-11)7-13-14(18)9-3-5-17(13)6-4-9/h1-2,7-9,14,18H,3-6H2/b13-7-/t14-/m0/s1. The van der Waals surface area contributed by atoms with Crippen LogP contribution in [0.1, 0.15) is 18.4 Å². The zero-order valence-electron chi connectivity index (χ0n) is 9.94. The minimum Gasteiger partial charge on any atom is -0.387 e. The minimum atomic E-state index is -0.348. The van der Waals surface area contributed by atoms with Gasteiger partial charge in [-0.1, -0.05) is 29.3 Å². The molecule has 3 saturated heterocycles. The van der Waals surface area contributed by atoms with Gasteiger partial charge in [0.05, 0.1) is 6.10 Å². The second kappa shape index (κ2) is 4.76. The van der Waals surface area contributed by atoms with Crippen molar-refractivity contribution in [2.24, 2.45) is 5.92 Å². The van der Waals surface area contributed by atoms with Crippen molar-refractivity contribution in [1.29, 1.82) is 0 Å². The summed E-state index contributed by atoms with van der Waals surface area (Å²) in [4.78, 5) is 2.26. The fourth-order valence-electron chi connectivity index (χ4n) is 2.86. The van der Waals surface area contributed by atoms with Crippen LogP contribution < -0.4 is 0 Å². The first-order valence-corrected chi connectivity index (χ1v) is 7.00. The fourth-order valence-corrected chi connectivity index (χ4v) is 3.32. The van der Waals surface area contributed by atoms with Gasteiger partial charge < -0.3 is 10.0 Å². The number of aliphatic hydroxyl groups is 1. The molecule has 0 aromatic heterocycles. The summed E-state index contributed by atoms with van der Waals surface area (Å²) >= 11 is 12.1. The van der Waals surface area contributed by atoms with E-state index in [1.165, 1.54) is 0 Å². The first-order chi connectivity index (χ1) is 8.65. The maximum atomic E-state index is 10.3. The Morgan fingerprint density at radius 3 is 2.56 bits per heavy atom. The van der Waals surface area contributed by atoms with Gasteiger partial charge in [-0.25, -0.2) is 0 Å². The molecular weight excluding hydrogens is 269 g/mol. The zero-order valence-corrected chi connectivity index (χ0v) is 11.5. The van der Waals surface area contributed by atoms with E-state index in [1.807, 2.05) is 18.2 Å². The summed E-state index contributed by atoms with van der Waals surface area (Å²) in [6.07, 6.45) is 3.83. The lowest BCUT2D eigenvalue weighted by molar-refractivity contribution is 0.0215. The molecular formula is C14H15Cl2NO. The van der Waals surface area contributed by atoms with Crippen molar-refractivity contribution < 1.29 is 5.11 Å². The number of aliphatic hydroxyl groups excluding tert-OH is 1. The van der Waals surface area contributed by atoms with Gasteiger partial charge in [-0.3, -0.25) is 0 Å². The van der Waals surface area contributed by atoms with Crippen LogP contribution in [0, 0.1) is 5.92 Å². The lowest BCUT2D eigenvalue weighted by Gasteiger charge is -2.46. The molecule has 0 radical (unpaired) electrons. The largest absolute Gasteiger partial charge is 0.387 e. The Labute approximate surface area is 117 Å². The van der Waals surface area contributed by atoms with E-state index < -0.39 is 0 Å². The van der Waals surface area contributed by atoms with E-state index in [-0.39, 0.29) is 6.10 Å². The lowest BCUT2D eigenvalue weighted by Crippen LogP contribution is -2.48. The first-order valence-electron chi connectivity index (χ1n) is 6.25. The molecule has 1 aromatic carbocycles.